The van der Waals surface area contributed by atoms with Crippen molar-refractivity contribution >= 4 is 11.4 Å². The number of nitrogens with one attached hydrogen (secondary N) is 2. The second kappa shape index (κ2) is 6.15. The van der Waals surface area contributed by atoms with Crippen molar-refractivity contribution in [3.63, 3.8) is 0 Å². The number of rotatable bonds is 5. The zero-order valence-corrected chi connectivity index (χ0v) is 12.0. The monoisotopic (exact) mass is 260 g/mol. The van der Waals surface area contributed by atoms with E-state index in [0.717, 1.165) is 56.0 Å². The van der Waals surface area contributed by atoms with Crippen LogP contribution < -0.4 is 5.32 Å². The Labute approximate surface area is 115 Å². The van der Waals surface area contributed by atoms with Gasteiger partial charge in [-0.1, -0.05) is 6.58 Å². The molecule has 0 amide bonds. The molecule has 0 unspecified atom stereocenters. The zero-order chi connectivity index (χ0) is 13.8. The summed E-state index contributed by atoms with van der Waals surface area (Å²) in [4.78, 5) is 6.68. The van der Waals surface area contributed by atoms with E-state index in [0.29, 0.717) is 5.92 Å². The third kappa shape index (κ3) is 3.32. The lowest BCUT2D eigenvalue weighted by atomic mass is 9.99. The molecule has 2 fully saturated rings. The minimum absolute atomic E-state index is 0.447. The predicted molar refractivity (Wildman–Crippen MR) is 80.9 cm³/mol. The van der Waals surface area contributed by atoms with E-state index in [2.05, 4.69) is 28.7 Å². The van der Waals surface area contributed by atoms with Crippen LogP contribution in [0.15, 0.2) is 29.0 Å². The Kier molecular flexibility index (Phi) is 4.53. The summed E-state index contributed by atoms with van der Waals surface area (Å²) in [5.74, 6) is 0.447. The van der Waals surface area contributed by atoms with Gasteiger partial charge in [-0.05, 0) is 26.7 Å². The molecule has 0 aromatic heterocycles. The highest BCUT2D eigenvalue weighted by molar-refractivity contribution is 6.24. The Morgan fingerprint density at radius 2 is 1.95 bits per heavy atom. The van der Waals surface area contributed by atoms with Gasteiger partial charge >= 0.3 is 0 Å². The van der Waals surface area contributed by atoms with Crippen molar-refractivity contribution in [1.82, 2.24) is 10.2 Å². The van der Waals surface area contributed by atoms with Crippen molar-refractivity contribution in [2.45, 2.75) is 26.7 Å². The lowest BCUT2D eigenvalue weighted by molar-refractivity contribution is 0.299. The minimum Gasteiger partial charge on any atom is -0.372 e. The lowest BCUT2D eigenvalue weighted by Crippen LogP contribution is -2.43. The van der Waals surface area contributed by atoms with Crippen LogP contribution >= 0.6 is 0 Å². The predicted octanol–water partition coefficient (Wildman–Crippen LogP) is 2.20. The fraction of sp³-hybridized carbons (Fsp3) is 0.600. The molecule has 0 radical (unpaired) electrons. The maximum absolute atomic E-state index is 8.41. The first-order chi connectivity index (χ1) is 9.15. The van der Waals surface area contributed by atoms with Gasteiger partial charge in [-0.25, -0.2) is 0 Å². The molecule has 0 spiro atoms. The van der Waals surface area contributed by atoms with Gasteiger partial charge in [0.1, 0.15) is 0 Å². The van der Waals surface area contributed by atoms with Gasteiger partial charge in [0.15, 0.2) is 0 Å². The number of allylic oxidation sites excluding steroid dienone is 2. The Morgan fingerprint density at radius 3 is 2.47 bits per heavy atom. The summed E-state index contributed by atoms with van der Waals surface area (Å²) in [5.41, 5.74) is 3.91. The third-order valence-corrected chi connectivity index (χ3v) is 3.85. The van der Waals surface area contributed by atoms with Crippen molar-refractivity contribution in [2.75, 3.05) is 26.2 Å². The molecule has 2 aliphatic rings. The Bertz CT molecular complexity index is 423. The molecule has 2 rings (SSSR count). The molecule has 1 aliphatic carbocycles. The first-order valence-electron chi connectivity index (χ1n) is 7.06. The Balaban J connectivity index is 2.30. The molecular weight excluding hydrogens is 236 g/mol. The van der Waals surface area contributed by atoms with Gasteiger partial charge in [-0.2, -0.15) is 0 Å². The lowest BCUT2D eigenvalue weighted by Gasteiger charge is -2.32. The van der Waals surface area contributed by atoms with E-state index < -0.39 is 0 Å². The summed E-state index contributed by atoms with van der Waals surface area (Å²) in [5, 5.41) is 11.8. The molecule has 4 nitrogen and oxygen atoms in total. The van der Waals surface area contributed by atoms with Crippen LogP contribution in [0.25, 0.3) is 0 Å². The van der Waals surface area contributed by atoms with Crippen LogP contribution in [0, 0.1) is 11.3 Å². The van der Waals surface area contributed by atoms with Crippen LogP contribution in [0.4, 0.5) is 0 Å². The van der Waals surface area contributed by atoms with Gasteiger partial charge in [-0.3, -0.25) is 4.99 Å². The van der Waals surface area contributed by atoms with E-state index >= 15 is 0 Å². The summed E-state index contributed by atoms with van der Waals surface area (Å²) in [6, 6.07) is 0. The molecule has 0 atom stereocenters. The fourth-order valence-electron chi connectivity index (χ4n) is 2.59. The first-order valence-corrected chi connectivity index (χ1v) is 7.06. The average Bonchev–Trinajstić information content (AvgIpc) is 3.24. The van der Waals surface area contributed by atoms with Gasteiger partial charge in [0.2, 0.25) is 0 Å². The van der Waals surface area contributed by atoms with Gasteiger partial charge in [0, 0.05) is 61.0 Å². The van der Waals surface area contributed by atoms with Crippen molar-refractivity contribution in [1.29, 1.82) is 5.41 Å². The van der Waals surface area contributed by atoms with Gasteiger partial charge in [0.25, 0.3) is 0 Å². The molecule has 1 heterocycles. The Hall–Kier alpha value is -1.42. The number of piperazine rings is 1. The fourth-order valence-corrected chi connectivity index (χ4v) is 2.59. The topological polar surface area (TPSA) is 51.5 Å². The molecule has 1 saturated carbocycles. The molecule has 1 saturated heterocycles. The molecule has 0 aromatic rings. The molecule has 104 valence electrons. The number of aliphatic imine (C=N–C) groups is 1. The van der Waals surface area contributed by atoms with Crippen molar-refractivity contribution in [3.8, 4) is 0 Å². The molecule has 19 heavy (non-hydrogen) atoms. The molecule has 2 N–H and O–H groups in total. The highest BCUT2D eigenvalue weighted by atomic mass is 15.2. The van der Waals surface area contributed by atoms with Gasteiger partial charge < -0.3 is 15.6 Å². The highest BCUT2D eigenvalue weighted by Crippen LogP contribution is 2.34. The van der Waals surface area contributed by atoms with E-state index in [1.807, 2.05) is 6.92 Å². The molecule has 1 aliphatic heterocycles. The number of hydrogen-bond acceptors (Lipinski definition) is 4. The summed E-state index contributed by atoms with van der Waals surface area (Å²) in [6.07, 6.45) is 3.87. The van der Waals surface area contributed by atoms with Crippen LogP contribution in [-0.2, 0) is 0 Å². The molecular formula is C15H24N4. The smallest absolute Gasteiger partial charge is 0.0480 e. The standard InChI is InChI=1S/C15H24N4/c1-4-18-11(2)14(15(16)13-5-6-13)12(3)19-9-7-17-8-10-19/h4,13,16-17H,1,5-10H2,2-3H3/b14-12-,16-15?,18-11?. The highest BCUT2D eigenvalue weighted by Gasteiger charge is 2.31. The van der Waals surface area contributed by atoms with E-state index in [9.17, 15) is 0 Å². The summed E-state index contributed by atoms with van der Waals surface area (Å²) in [7, 11) is 0. The minimum atomic E-state index is 0.447. The van der Waals surface area contributed by atoms with E-state index in [1.165, 1.54) is 5.70 Å². The zero-order valence-electron chi connectivity index (χ0n) is 12.0. The summed E-state index contributed by atoms with van der Waals surface area (Å²) >= 11 is 0. The van der Waals surface area contributed by atoms with E-state index in [-0.39, 0.29) is 0 Å². The van der Waals surface area contributed by atoms with Crippen molar-refractivity contribution in [3.05, 3.63) is 24.0 Å². The molecule has 4 heteroatoms. The second-order valence-corrected chi connectivity index (χ2v) is 5.28. The van der Waals surface area contributed by atoms with Crippen LogP contribution in [0.3, 0.4) is 0 Å². The van der Waals surface area contributed by atoms with Gasteiger partial charge in [-0.15, -0.1) is 0 Å². The second-order valence-electron chi connectivity index (χ2n) is 5.28. The molecule has 0 aromatic carbocycles. The van der Waals surface area contributed by atoms with E-state index in [4.69, 9.17) is 5.41 Å². The summed E-state index contributed by atoms with van der Waals surface area (Å²) in [6.45, 7) is 11.8. The van der Waals surface area contributed by atoms with Crippen LogP contribution in [0.1, 0.15) is 26.7 Å². The van der Waals surface area contributed by atoms with Crippen molar-refractivity contribution < 1.29 is 0 Å². The SMILES string of the molecule is C=CN=C(C)/C(C(=N)C1CC1)=C(\C)N1CCNCC1. The van der Waals surface area contributed by atoms with Crippen LogP contribution in [0.2, 0.25) is 0 Å². The number of nitrogens with zero attached hydrogens (tertiary/aromatic N) is 2. The average molecular weight is 260 g/mol. The third-order valence-electron chi connectivity index (χ3n) is 3.85. The first kappa shape index (κ1) is 14.0. The van der Waals surface area contributed by atoms with Crippen LogP contribution in [0.5, 0.6) is 0 Å². The maximum Gasteiger partial charge on any atom is 0.0480 e. The maximum atomic E-state index is 8.41. The van der Waals surface area contributed by atoms with Crippen LogP contribution in [-0.4, -0.2) is 42.5 Å². The van der Waals surface area contributed by atoms with E-state index in [1.54, 1.807) is 6.20 Å². The normalized spacial score (nSPS) is 22.0. The summed E-state index contributed by atoms with van der Waals surface area (Å²) < 4.78 is 0. The largest absolute Gasteiger partial charge is 0.372 e. The number of hydrogen-bond donors (Lipinski definition) is 2. The van der Waals surface area contributed by atoms with Gasteiger partial charge in [0.05, 0.1) is 0 Å². The molecule has 0 bridgehead atoms. The van der Waals surface area contributed by atoms with Crippen molar-refractivity contribution in [2.24, 2.45) is 10.9 Å². The quantitative estimate of drug-likeness (QED) is 0.745. The Morgan fingerprint density at radius 1 is 1.32 bits per heavy atom.